The largest absolute Gasteiger partial charge is 0.389 e. The lowest BCUT2D eigenvalue weighted by Crippen LogP contribution is -2.36. The molecule has 0 fully saturated rings. The first-order valence-electron chi connectivity index (χ1n) is 5.28. The summed E-state index contributed by atoms with van der Waals surface area (Å²) in [5, 5.41) is 18.8. The van der Waals surface area contributed by atoms with Crippen molar-refractivity contribution < 1.29 is 5.11 Å². The van der Waals surface area contributed by atoms with E-state index in [0.717, 1.165) is 11.3 Å². The molecular formula is C13H18N2O. The molecule has 0 saturated heterocycles. The first kappa shape index (κ1) is 12.5. The second kappa shape index (κ2) is 4.54. The van der Waals surface area contributed by atoms with Gasteiger partial charge in [0.25, 0.3) is 0 Å². The molecule has 0 aliphatic rings. The fourth-order valence-corrected chi connectivity index (χ4v) is 1.92. The van der Waals surface area contributed by atoms with Gasteiger partial charge >= 0.3 is 0 Å². The predicted molar refractivity (Wildman–Crippen MR) is 65.5 cm³/mol. The van der Waals surface area contributed by atoms with Crippen molar-refractivity contribution >= 4 is 5.69 Å². The number of benzene rings is 1. The molecule has 0 heterocycles. The number of aliphatic hydroxyl groups is 1. The Hall–Kier alpha value is -1.53. The van der Waals surface area contributed by atoms with Gasteiger partial charge in [-0.1, -0.05) is 12.1 Å². The number of rotatable bonds is 3. The molecule has 0 spiro atoms. The molecule has 0 amide bonds. The maximum atomic E-state index is 9.78. The Kier molecular flexibility index (Phi) is 3.56. The lowest BCUT2D eigenvalue weighted by atomic mass is 10.1. The van der Waals surface area contributed by atoms with Crippen molar-refractivity contribution in [3.63, 3.8) is 0 Å². The highest BCUT2D eigenvalue weighted by molar-refractivity contribution is 5.63. The SMILES string of the molecule is Cc1cccc(C#N)c1N(C)CC(C)(C)O. The number of aryl methyl sites for hydroxylation is 1. The number of anilines is 1. The van der Waals surface area contributed by atoms with Crippen molar-refractivity contribution in [2.45, 2.75) is 26.4 Å². The molecule has 0 aliphatic carbocycles. The van der Waals surface area contributed by atoms with Crippen LogP contribution in [0, 0.1) is 18.3 Å². The van der Waals surface area contributed by atoms with E-state index in [0.29, 0.717) is 12.1 Å². The van der Waals surface area contributed by atoms with Gasteiger partial charge in [-0.2, -0.15) is 5.26 Å². The monoisotopic (exact) mass is 218 g/mol. The molecule has 0 unspecified atom stereocenters. The van der Waals surface area contributed by atoms with E-state index < -0.39 is 5.60 Å². The molecule has 86 valence electrons. The van der Waals surface area contributed by atoms with Crippen LogP contribution in [0.1, 0.15) is 25.0 Å². The summed E-state index contributed by atoms with van der Waals surface area (Å²) in [6.07, 6.45) is 0. The van der Waals surface area contributed by atoms with E-state index in [1.165, 1.54) is 0 Å². The van der Waals surface area contributed by atoms with Crippen LogP contribution in [0.25, 0.3) is 0 Å². The van der Waals surface area contributed by atoms with Gasteiger partial charge in [0.15, 0.2) is 0 Å². The van der Waals surface area contributed by atoms with E-state index in [2.05, 4.69) is 6.07 Å². The summed E-state index contributed by atoms with van der Waals surface area (Å²) in [6.45, 7) is 5.98. The number of nitriles is 1. The predicted octanol–water partition coefficient (Wildman–Crippen LogP) is 2.07. The van der Waals surface area contributed by atoms with Gasteiger partial charge in [-0.05, 0) is 32.4 Å². The Labute approximate surface area is 96.9 Å². The van der Waals surface area contributed by atoms with Gasteiger partial charge in [0.1, 0.15) is 6.07 Å². The fourth-order valence-electron chi connectivity index (χ4n) is 1.92. The maximum absolute atomic E-state index is 9.78. The van der Waals surface area contributed by atoms with Crippen LogP contribution < -0.4 is 4.90 Å². The Bertz CT molecular complexity index is 413. The van der Waals surface area contributed by atoms with Gasteiger partial charge in [-0.15, -0.1) is 0 Å². The van der Waals surface area contributed by atoms with E-state index >= 15 is 0 Å². The van der Waals surface area contributed by atoms with E-state index in [4.69, 9.17) is 5.26 Å². The van der Waals surface area contributed by atoms with Crippen LogP contribution >= 0.6 is 0 Å². The highest BCUT2D eigenvalue weighted by atomic mass is 16.3. The quantitative estimate of drug-likeness (QED) is 0.845. The molecule has 0 saturated carbocycles. The number of hydrogen-bond donors (Lipinski definition) is 1. The zero-order chi connectivity index (χ0) is 12.3. The maximum Gasteiger partial charge on any atom is 0.101 e. The van der Waals surface area contributed by atoms with Gasteiger partial charge in [-0.3, -0.25) is 0 Å². The summed E-state index contributed by atoms with van der Waals surface area (Å²) in [5.74, 6) is 0. The number of likely N-dealkylation sites (N-methyl/N-ethyl adjacent to an activating group) is 1. The second-order valence-corrected chi connectivity index (χ2v) is 4.75. The Morgan fingerprint density at radius 3 is 2.56 bits per heavy atom. The molecule has 1 aromatic carbocycles. The molecule has 1 rings (SSSR count). The molecule has 3 nitrogen and oxygen atoms in total. The third-order valence-electron chi connectivity index (χ3n) is 2.36. The highest BCUT2D eigenvalue weighted by Gasteiger charge is 2.18. The van der Waals surface area contributed by atoms with Crippen LogP contribution in [-0.2, 0) is 0 Å². The van der Waals surface area contributed by atoms with Gasteiger partial charge in [0.2, 0.25) is 0 Å². The van der Waals surface area contributed by atoms with Gasteiger partial charge in [-0.25, -0.2) is 0 Å². The highest BCUT2D eigenvalue weighted by Crippen LogP contribution is 2.24. The van der Waals surface area contributed by atoms with Gasteiger partial charge < -0.3 is 10.0 Å². The van der Waals surface area contributed by atoms with Crippen molar-refractivity contribution in [2.24, 2.45) is 0 Å². The van der Waals surface area contributed by atoms with Crippen molar-refractivity contribution in [3.8, 4) is 6.07 Å². The van der Waals surface area contributed by atoms with Crippen LogP contribution in [0.3, 0.4) is 0 Å². The van der Waals surface area contributed by atoms with Crippen molar-refractivity contribution in [1.29, 1.82) is 5.26 Å². The van der Waals surface area contributed by atoms with Gasteiger partial charge in [0.05, 0.1) is 16.9 Å². The average molecular weight is 218 g/mol. The zero-order valence-electron chi connectivity index (χ0n) is 10.3. The summed E-state index contributed by atoms with van der Waals surface area (Å²) in [5.41, 5.74) is 1.81. The molecule has 0 radical (unpaired) electrons. The third kappa shape index (κ3) is 2.98. The zero-order valence-corrected chi connectivity index (χ0v) is 10.3. The first-order valence-corrected chi connectivity index (χ1v) is 5.28. The molecule has 3 heteroatoms. The standard InChI is InChI=1S/C13H18N2O/c1-10-6-5-7-11(8-14)12(10)15(4)9-13(2,3)16/h5-7,16H,9H2,1-4H3. The molecule has 0 atom stereocenters. The van der Waals surface area contributed by atoms with Crippen LogP contribution in [0.5, 0.6) is 0 Å². The Morgan fingerprint density at radius 1 is 1.44 bits per heavy atom. The molecule has 1 N–H and O–H groups in total. The Balaban J connectivity index is 3.08. The normalized spacial score (nSPS) is 11.0. The lowest BCUT2D eigenvalue weighted by Gasteiger charge is -2.29. The summed E-state index contributed by atoms with van der Waals surface area (Å²) in [6, 6.07) is 7.81. The van der Waals surface area contributed by atoms with Crippen LogP contribution in [0.2, 0.25) is 0 Å². The summed E-state index contributed by atoms with van der Waals surface area (Å²) < 4.78 is 0. The summed E-state index contributed by atoms with van der Waals surface area (Å²) in [4.78, 5) is 1.92. The van der Waals surface area contributed by atoms with Crippen molar-refractivity contribution in [1.82, 2.24) is 0 Å². The molecule has 0 bridgehead atoms. The van der Waals surface area contributed by atoms with Crippen LogP contribution in [-0.4, -0.2) is 24.3 Å². The minimum Gasteiger partial charge on any atom is -0.389 e. The van der Waals surface area contributed by atoms with Crippen molar-refractivity contribution in [2.75, 3.05) is 18.5 Å². The third-order valence-corrected chi connectivity index (χ3v) is 2.36. The minimum absolute atomic E-state index is 0.493. The van der Waals surface area contributed by atoms with Crippen LogP contribution in [0.15, 0.2) is 18.2 Å². The second-order valence-electron chi connectivity index (χ2n) is 4.75. The molecule has 0 aromatic heterocycles. The topological polar surface area (TPSA) is 47.3 Å². The summed E-state index contributed by atoms with van der Waals surface area (Å²) in [7, 11) is 1.89. The van der Waals surface area contributed by atoms with E-state index in [1.54, 1.807) is 19.9 Å². The van der Waals surface area contributed by atoms with Gasteiger partial charge in [0, 0.05) is 13.6 Å². The van der Waals surface area contributed by atoms with E-state index in [1.807, 2.05) is 31.0 Å². The first-order chi connectivity index (χ1) is 7.35. The lowest BCUT2D eigenvalue weighted by molar-refractivity contribution is 0.0886. The summed E-state index contributed by atoms with van der Waals surface area (Å²) >= 11 is 0. The molecular weight excluding hydrogens is 200 g/mol. The Morgan fingerprint density at radius 2 is 2.06 bits per heavy atom. The average Bonchev–Trinajstić information content (AvgIpc) is 2.14. The van der Waals surface area contributed by atoms with Crippen LogP contribution in [0.4, 0.5) is 5.69 Å². The molecule has 1 aromatic rings. The number of hydrogen-bond acceptors (Lipinski definition) is 3. The van der Waals surface area contributed by atoms with E-state index in [-0.39, 0.29) is 0 Å². The fraction of sp³-hybridized carbons (Fsp3) is 0.462. The minimum atomic E-state index is -0.774. The molecule has 16 heavy (non-hydrogen) atoms. The van der Waals surface area contributed by atoms with E-state index in [9.17, 15) is 5.11 Å². The smallest absolute Gasteiger partial charge is 0.101 e. The number of nitrogens with zero attached hydrogens (tertiary/aromatic N) is 2. The van der Waals surface area contributed by atoms with Crippen molar-refractivity contribution in [3.05, 3.63) is 29.3 Å². The molecule has 0 aliphatic heterocycles. The number of para-hydroxylation sites is 1.